The first-order valence-electron chi connectivity index (χ1n) is 16.6. The fraction of sp³-hybridized carbons (Fsp3) is 0.220. The number of hydrogen-bond acceptors (Lipinski definition) is 1. The maximum absolute atomic E-state index is 2.68. The molecule has 0 aliphatic carbocycles. The highest BCUT2D eigenvalue weighted by molar-refractivity contribution is 6.15. The standard InChI is InChI=1S/C41H33N5/c1-22-20-23(2)46-41-33-31(17-10-18-32(33)45(22)46)43-30-16-8-7-12-24(30)25-21-29-37(34(41)35(25)43)44-36-26(13-9-14-27(36)40(29,5)6)39(3,4)28-15-11-19-42(41)38(28)44/h7-21H,1-6H3/q+2. The van der Waals surface area contributed by atoms with Crippen molar-refractivity contribution < 1.29 is 9.25 Å². The first-order valence-corrected chi connectivity index (χ1v) is 16.6. The van der Waals surface area contributed by atoms with Crippen molar-refractivity contribution in [3.8, 4) is 11.4 Å². The van der Waals surface area contributed by atoms with Crippen LogP contribution in [0.25, 0.3) is 33.2 Å². The van der Waals surface area contributed by atoms with Crippen LogP contribution in [0.3, 0.4) is 0 Å². The topological polar surface area (TPSA) is 20.9 Å². The SMILES string of the molecule is Cc1cc(C)[n+]2n1-c1cccc3c1C21c2c4c(cc5c6ccccc6n-3c25)C(C)(C)c2cccc3c2N4c2c(ccc[n+]21)C3(C)C. The molecule has 7 aromatic rings. The quantitative estimate of drug-likeness (QED) is 0.164. The average molecular weight is 596 g/mol. The van der Waals surface area contributed by atoms with Crippen LogP contribution in [-0.4, -0.2) is 9.25 Å². The predicted octanol–water partition coefficient (Wildman–Crippen LogP) is 7.75. The summed E-state index contributed by atoms with van der Waals surface area (Å²) in [4.78, 5) is 2.68. The van der Waals surface area contributed by atoms with Crippen molar-refractivity contribution in [2.45, 2.75) is 58.0 Å². The molecule has 0 fully saturated rings. The Bertz CT molecular complexity index is 2680. The Morgan fingerprint density at radius 2 is 1.35 bits per heavy atom. The van der Waals surface area contributed by atoms with Gasteiger partial charge in [-0.2, -0.15) is 9.47 Å². The number of aryl methyl sites for hydroxylation is 2. The summed E-state index contributed by atoms with van der Waals surface area (Å²) >= 11 is 0. The molecule has 1 unspecified atom stereocenters. The van der Waals surface area contributed by atoms with Gasteiger partial charge in [0.1, 0.15) is 22.5 Å². The van der Waals surface area contributed by atoms with Crippen LogP contribution in [0.5, 0.6) is 0 Å². The number of rotatable bonds is 0. The molecule has 0 amide bonds. The predicted molar refractivity (Wildman–Crippen MR) is 180 cm³/mol. The summed E-state index contributed by atoms with van der Waals surface area (Å²) in [6.45, 7) is 14.3. The zero-order valence-corrected chi connectivity index (χ0v) is 26.9. The number of anilines is 3. The normalized spacial score (nSPS) is 20.3. The summed E-state index contributed by atoms with van der Waals surface area (Å²) in [6.07, 6.45) is 2.37. The Kier molecular flexibility index (Phi) is 3.58. The van der Waals surface area contributed by atoms with E-state index in [1.807, 2.05) is 0 Å². The molecule has 12 rings (SSSR count). The average Bonchev–Trinajstić information content (AvgIpc) is 3.66. The molecular formula is C41H33N5+2. The molecule has 0 radical (unpaired) electrons. The van der Waals surface area contributed by atoms with Crippen molar-refractivity contribution in [1.29, 1.82) is 0 Å². The zero-order chi connectivity index (χ0) is 30.8. The Labute approximate surface area is 267 Å². The summed E-state index contributed by atoms with van der Waals surface area (Å²) in [7, 11) is 0. The van der Waals surface area contributed by atoms with Crippen molar-refractivity contribution in [2.75, 3.05) is 4.90 Å². The van der Waals surface area contributed by atoms with E-state index in [9.17, 15) is 0 Å². The third kappa shape index (κ3) is 2.07. The summed E-state index contributed by atoms with van der Waals surface area (Å²) in [5, 5.41) is 2.65. The summed E-state index contributed by atoms with van der Waals surface area (Å²) in [5.41, 5.74) is 17.8. The molecule has 0 N–H and O–H groups in total. The second-order valence-corrected chi connectivity index (χ2v) is 15.2. The first-order chi connectivity index (χ1) is 22.2. The second kappa shape index (κ2) is 6.82. The molecule has 5 nitrogen and oxygen atoms in total. The molecule has 5 aliphatic rings. The Balaban J connectivity index is 1.46. The number of benzene rings is 4. The molecule has 5 aliphatic heterocycles. The number of aromatic nitrogens is 4. The second-order valence-electron chi connectivity index (χ2n) is 15.2. The summed E-state index contributed by atoms with van der Waals surface area (Å²) in [6, 6.07) is 32.6. The van der Waals surface area contributed by atoms with E-state index in [0.29, 0.717) is 0 Å². The van der Waals surface area contributed by atoms with Crippen LogP contribution in [0, 0.1) is 13.8 Å². The highest BCUT2D eigenvalue weighted by Crippen LogP contribution is 2.66. The minimum atomic E-state index is -0.601. The van der Waals surface area contributed by atoms with E-state index in [1.165, 1.54) is 95.1 Å². The highest BCUT2D eigenvalue weighted by atomic mass is 15.6. The molecule has 1 atom stereocenters. The molecule has 0 saturated heterocycles. The van der Waals surface area contributed by atoms with E-state index in [-0.39, 0.29) is 10.8 Å². The van der Waals surface area contributed by atoms with Gasteiger partial charge in [0, 0.05) is 51.3 Å². The smallest absolute Gasteiger partial charge is 0.307 e. The van der Waals surface area contributed by atoms with Crippen molar-refractivity contribution in [1.82, 2.24) is 9.25 Å². The van der Waals surface area contributed by atoms with Gasteiger partial charge in [-0.3, -0.25) is 0 Å². The van der Waals surface area contributed by atoms with Crippen molar-refractivity contribution in [3.05, 3.63) is 136 Å². The molecule has 3 aromatic heterocycles. The molecule has 0 saturated carbocycles. The minimum Gasteiger partial charge on any atom is -0.307 e. The van der Waals surface area contributed by atoms with E-state index in [2.05, 4.69) is 156 Å². The minimum absolute atomic E-state index is 0.172. The third-order valence-electron chi connectivity index (χ3n) is 12.4. The number of hydrogen-bond donors (Lipinski definition) is 0. The lowest BCUT2D eigenvalue weighted by Crippen LogP contribution is -2.78. The lowest BCUT2D eigenvalue weighted by molar-refractivity contribution is -0.993. The van der Waals surface area contributed by atoms with Gasteiger partial charge in [0.15, 0.2) is 5.69 Å². The van der Waals surface area contributed by atoms with Gasteiger partial charge >= 0.3 is 5.66 Å². The third-order valence-corrected chi connectivity index (χ3v) is 12.4. The maximum Gasteiger partial charge on any atom is 0.394 e. The molecular weight excluding hydrogens is 562 g/mol. The van der Waals surface area contributed by atoms with Gasteiger partial charge in [-0.1, -0.05) is 74.8 Å². The van der Waals surface area contributed by atoms with Gasteiger partial charge in [-0.25, -0.2) is 0 Å². The monoisotopic (exact) mass is 595 g/mol. The van der Waals surface area contributed by atoms with E-state index >= 15 is 0 Å². The molecule has 46 heavy (non-hydrogen) atoms. The number of fused-ring (bicyclic) bond motifs is 6. The molecule has 0 bridgehead atoms. The summed E-state index contributed by atoms with van der Waals surface area (Å²) < 4.78 is 10.4. The van der Waals surface area contributed by atoms with E-state index < -0.39 is 5.66 Å². The van der Waals surface area contributed by atoms with Crippen molar-refractivity contribution >= 4 is 39.0 Å². The van der Waals surface area contributed by atoms with Crippen LogP contribution in [0.4, 0.5) is 17.2 Å². The molecule has 1 spiro atoms. The lowest BCUT2D eigenvalue weighted by Gasteiger charge is -2.49. The van der Waals surface area contributed by atoms with Crippen LogP contribution >= 0.6 is 0 Å². The Morgan fingerprint density at radius 3 is 2.17 bits per heavy atom. The summed E-state index contributed by atoms with van der Waals surface area (Å²) in [5.74, 6) is 1.29. The van der Waals surface area contributed by atoms with Gasteiger partial charge in [0.25, 0.3) is 5.82 Å². The molecule has 4 aromatic carbocycles. The number of nitrogens with zero attached hydrogens (tertiary/aromatic N) is 5. The maximum atomic E-state index is 2.68. The van der Waals surface area contributed by atoms with E-state index in [0.717, 1.165) is 0 Å². The van der Waals surface area contributed by atoms with Gasteiger partial charge in [0.05, 0.1) is 34.2 Å². The molecule has 220 valence electrons. The van der Waals surface area contributed by atoms with Crippen LogP contribution < -0.4 is 14.1 Å². The molecule has 5 heteroatoms. The van der Waals surface area contributed by atoms with Gasteiger partial charge in [-0.05, 0) is 43.3 Å². The van der Waals surface area contributed by atoms with E-state index in [4.69, 9.17) is 0 Å². The lowest BCUT2D eigenvalue weighted by atomic mass is 9.64. The van der Waals surface area contributed by atoms with Gasteiger partial charge in [0.2, 0.25) is 5.69 Å². The number of para-hydroxylation sites is 2. The van der Waals surface area contributed by atoms with Crippen LogP contribution in [-0.2, 0) is 16.5 Å². The van der Waals surface area contributed by atoms with Gasteiger partial charge in [-0.15, -0.1) is 4.68 Å². The van der Waals surface area contributed by atoms with Gasteiger partial charge < -0.3 is 4.57 Å². The fourth-order valence-electron chi connectivity index (χ4n) is 10.7. The Morgan fingerprint density at radius 1 is 0.630 bits per heavy atom. The fourth-order valence-corrected chi connectivity index (χ4v) is 10.7. The van der Waals surface area contributed by atoms with Crippen LogP contribution in [0.15, 0.2) is 91.1 Å². The number of pyridine rings is 1. The first kappa shape index (κ1) is 24.1. The van der Waals surface area contributed by atoms with Crippen LogP contribution in [0.2, 0.25) is 0 Å². The Hall–Kier alpha value is -5.16. The van der Waals surface area contributed by atoms with E-state index in [1.54, 1.807) is 0 Å². The zero-order valence-electron chi connectivity index (χ0n) is 26.9. The van der Waals surface area contributed by atoms with Crippen LogP contribution in [0.1, 0.15) is 72.5 Å². The molecule has 8 heterocycles. The highest BCUT2D eigenvalue weighted by Gasteiger charge is 2.72. The largest absolute Gasteiger partial charge is 0.394 e. The van der Waals surface area contributed by atoms with Crippen molar-refractivity contribution in [2.24, 2.45) is 0 Å². The van der Waals surface area contributed by atoms with Crippen molar-refractivity contribution in [3.63, 3.8) is 0 Å².